The highest BCUT2D eigenvalue weighted by atomic mass is 35.5. The van der Waals surface area contributed by atoms with Gasteiger partial charge < -0.3 is 10.3 Å². The van der Waals surface area contributed by atoms with Crippen molar-refractivity contribution in [3.05, 3.63) is 41.0 Å². The van der Waals surface area contributed by atoms with E-state index in [9.17, 15) is 0 Å². The molecule has 1 aromatic heterocycles. The van der Waals surface area contributed by atoms with Crippen molar-refractivity contribution >= 4 is 23.4 Å². The minimum absolute atomic E-state index is 0.480. The van der Waals surface area contributed by atoms with Crippen molar-refractivity contribution in [3.8, 4) is 0 Å². The van der Waals surface area contributed by atoms with Gasteiger partial charge in [0.15, 0.2) is 5.82 Å². The van der Waals surface area contributed by atoms with Gasteiger partial charge in [0.1, 0.15) is 0 Å². The molecule has 1 unspecified atom stereocenters. The largest absolute Gasteiger partial charge is 0.339 e. The third-order valence-electron chi connectivity index (χ3n) is 2.95. The summed E-state index contributed by atoms with van der Waals surface area (Å²) in [5.41, 5.74) is 5.58. The normalized spacial score (nSPS) is 12.6. The van der Waals surface area contributed by atoms with Crippen LogP contribution in [0.4, 0.5) is 0 Å². The Bertz CT molecular complexity index is 529. The summed E-state index contributed by atoms with van der Waals surface area (Å²) in [7, 11) is 0. The Morgan fingerprint density at radius 3 is 2.80 bits per heavy atom. The molecule has 1 heterocycles. The zero-order chi connectivity index (χ0) is 14.4. The van der Waals surface area contributed by atoms with Crippen LogP contribution in [0.3, 0.4) is 0 Å². The zero-order valence-corrected chi connectivity index (χ0v) is 13.0. The number of nitrogens with two attached hydrogens (primary N) is 1. The van der Waals surface area contributed by atoms with Gasteiger partial charge >= 0.3 is 0 Å². The Hall–Kier alpha value is -1.04. The van der Waals surface area contributed by atoms with E-state index in [-0.39, 0.29) is 0 Å². The lowest BCUT2D eigenvalue weighted by Crippen LogP contribution is -2.11. The van der Waals surface area contributed by atoms with Crippen molar-refractivity contribution in [2.75, 3.05) is 6.54 Å². The van der Waals surface area contributed by atoms with Gasteiger partial charge in [-0.05, 0) is 43.1 Å². The molecule has 0 aliphatic rings. The van der Waals surface area contributed by atoms with Crippen LogP contribution >= 0.6 is 23.4 Å². The van der Waals surface area contributed by atoms with Gasteiger partial charge in [-0.2, -0.15) is 4.98 Å². The highest BCUT2D eigenvalue weighted by Crippen LogP contribution is 2.23. The van der Waals surface area contributed by atoms with Crippen LogP contribution in [0.5, 0.6) is 0 Å². The van der Waals surface area contributed by atoms with Crippen LogP contribution in [0.2, 0.25) is 5.02 Å². The van der Waals surface area contributed by atoms with E-state index in [0.717, 1.165) is 28.6 Å². The smallest absolute Gasteiger partial charge is 0.226 e. The van der Waals surface area contributed by atoms with Crippen molar-refractivity contribution in [2.45, 2.75) is 30.4 Å². The molecule has 0 saturated heterocycles. The van der Waals surface area contributed by atoms with Crippen molar-refractivity contribution in [3.63, 3.8) is 0 Å². The molecule has 108 valence electrons. The van der Waals surface area contributed by atoms with Gasteiger partial charge in [-0.1, -0.05) is 23.7 Å². The predicted molar refractivity (Wildman–Crippen MR) is 81.9 cm³/mol. The Balaban J connectivity index is 1.82. The fraction of sp³-hybridized carbons (Fsp3) is 0.429. The third kappa shape index (κ3) is 4.81. The van der Waals surface area contributed by atoms with Gasteiger partial charge in [-0.3, -0.25) is 0 Å². The number of rotatable bonds is 7. The summed E-state index contributed by atoms with van der Waals surface area (Å²) in [6, 6.07) is 7.72. The number of thioether (sulfide) groups is 1. The maximum atomic E-state index is 5.85. The summed E-state index contributed by atoms with van der Waals surface area (Å²) in [6.45, 7) is 2.81. The molecule has 2 rings (SSSR count). The third-order valence-corrected chi connectivity index (χ3v) is 4.21. The second kappa shape index (κ2) is 7.67. The summed E-state index contributed by atoms with van der Waals surface area (Å²) >= 11 is 7.51. The molecule has 0 saturated carbocycles. The van der Waals surface area contributed by atoms with Crippen molar-refractivity contribution in [1.29, 1.82) is 0 Å². The predicted octanol–water partition coefficient (Wildman–Crippen LogP) is 3.54. The molecule has 0 bridgehead atoms. The molecule has 0 spiro atoms. The van der Waals surface area contributed by atoms with E-state index in [0.29, 0.717) is 24.1 Å². The first-order valence-corrected chi connectivity index (χ1v) is 7.93. The monoisotopic (exact) mass is 311 g/mol. The SMILES string of the molecule is CC(CN)CCc1nc(CSc2ccc(Cl)cc2)no1. The van der Waals surface area contributed by atoms with Gasteiger partial charge in [0, 0.05) is 16.3 Å². The molecule has 1 aromatic carbocycles. The Kier molecular flexibility index (Phi) is 5.88. The van der Waals surface area contributed by atoms with E-state index in [1.54, 1.807) is 11.8 Å². The summed E-state index contributed by atoms with van der Waals surface area (Å²) in [5, 5.41) is 4.73. The molecular formula is C14H18ClN3OS. The number of halogens is 1. The van der Waals surface area contributed by atoms with Gasteiger partial charge in [0.05, 0.1) is 5.75 Å². The second-order valence-corrected chi connectivity index (χ2v) is 6.21. The molecule has 1 atom stereocenters. The second-order valence-electron chi connectivity index (χ2n) is 4.73. The fourth-order valence-electron chi connectivity index (χ4n) is 1.62. The molecule has 4 nitrogen and oxygen atoms in total. The number of hydrogen-bond acceptors (Lipinski definition) is 5. The topological polar surface area (TPSA) is 64.9 Å². The highest BCUT2D eigenvalue weighted by molar-refractivity contribution is 7.98. The van der Waals surface area contributed by atoms with E-state index < -0.39 is 0 Å². The van der Waals surface area contributed by atoms with Crippen LogP contribution in [0.1, 0.15) is 25.1 Å². The summed E-state index contributed by atoms with van der Waals surface area (Å²) < 4.78 is 5.23. The van der Waals surface area contributed by atoms with E-state index in [4.69, 9.17) is 21.9 Å². The number of aryl methyl sites for hydroxylation is 1. The maximum absolute atomic E-state index is 5.85. The summed E-state index contributed by atoms with van der Waals surface area (Å²) in [6.07, 6.45) is 1.76. The number of nitrogens with zero attached hydrogens (tertiary/aromatic N) is 2. The van der Waals surface area contributed by atoms with Crippen molar-refractivity contribution < 1.29 is 4.52 Å². The van der Waals surface area contributed by atoms with E-state index >= 15 is 0 Å². The van der Waals surface area contributed by atoms with Crippen molar-refractivity contribution in [2.24, 2.45) is 11.7 Å². The van der Waals surface area contributed by atoms with Crippen LogP contribution in [-0.4, -0.2) is 16.7 Å². The maximum Gasteiger partial charge on any atom is 0.226 e. The highest BCUT2D eigenvalue weighted by Gasteiger charge is 2.08. The summed E-state index contributed by atoms with van der Waals surface area (Å²) in [5.74, 6) is 2.59. The first-order chi connectivity index (χ1) is 9.67. The molecule has 0 radical (unpaired) electrons. The first-order valence-electron chi connectivity index (χ1n) is 6.57. The lowest BCUT2D eigenvalue weighted by molar-refractivity contribution is 0.362. The van der Waals surface area contributed by atoms with E-state index in [1.165, 1.54) is 0 Å². The van der Waals surface area contributed by atoms with Crippen LogP contribution in [0, 0.1) is 5.92 Å². The van der Waals surface area contributed by atoms with Crippen LogP contribution in [-0.2, 0) is 12.2 Å². The van der Waals surface area contributed by atoms with Gasteiger partial charge in [0.2, 0.25) is 5.89 Å². The standard InChI is InChI=1S/C14H18ClN3OS/c1-10(8-16)2-7-14-17-13(18-19-14)9-20-12-5-3-11(15)4-6-12/h3-6,10H,2,7-9,16H2,1H3. The molecule has 2 N–H and O–H groups in total. The lowest BCUT2D eigenvalue weighted by Gasteiger charge is -2.03. The average molecular weight is 312 g/mol. The van der Waals surface area contributed by atoms with Gasteiger partial charge in [-0.15, -0.1) is 11.8 Å². The average Bonchev–Trinajstić information content (AvgIpc) is 2.92. The number of hydrogen-bond donors (Lipinski definition) is 1. The van der Waals surface area contributed by atoms with Crippen LogP contribution < -0.4 is 5.73 Å². The molecule has 0 fully saturated rings. The van der Waals surface area contributed by atoms with Crippen molar-refractivity contribution in [1.82, 2.24) is 10.1 Å². The minimum atomic E-state index is 0.480. The van der Waals surface area contributed by atoms with Gasteiger partial charge in [0.25, 0.3) is 0 Å². The molecular weight excluding hydrogens is 294 g/mol. The Morgan fingerprint density at radius 1 is 1.35 bits per heavy atom. The molecule has 0 aliphatic heterocycles. The number of benzene rings is 1. The molecule has 2 aromatic rings. The van der Waals surface area contributed by atoms with E-state index in [1.807, 2.05) is 24.3 Å². The van der Waals surface area contributed by atoms with E-state index in [2.05, 4.69) is 17.1 Å². The number of aromatic nitrogens is 2. The first kappa shape index (κ1) is 15.4. The molecule has 0 aliphatic carbocycles. The molecule has 20 heavy (non-hydrogen) atoms. The molecule has 6 heteroatoms. The fourth-order valence-corrected chi connectivity index (χ4v) is 2.48. The minimum Gasteiger partial charge on any atom is -0.339 e. The Morgan fingerprint density at radius 2 is 2.10 bits per heavy atom. The molecule has 0 amide bonds. The van der Waals surface area contributed by atoms with Crippen LogP contribution in [0.25, 0.3) is 0 Å². The summed E-state index contributed by atoms with van der Waals surface area (Å²) in [4.78, 5) is 5.52. The Labute approximate surface area is 128 Å². The zero-order valence-electron chi connectivity index (χ0n) is 11.4. The quantitative estimate of drug-likeness (QED) is 0.792. The lowest BCUT2D eigenvalue weighted by atomic mass is 10.1. The van der Waals surface area contributed by atoms with Crippen LogP contribution in [0.15, 0.2) is 33.7 Å². The van der Waals surface area contributed by atoms with Gasteiger partial charge in [-0.25, -0.2) is 0 Å².